The number of aromatic nitrogens is 3. The minimum atomic E-state index is 0.588. The van der Waals surface area contributed by atoms with E-state index in [4.69, 9.17) is 4.42 Å². The maximum absolute atomic E-state index is 5.29. The fourth-order valence-electron chi connectivity index (χ4n) is 1.80. The van der Waals surface area contributed by atoms with E-state index in [1.54, 1.807) is 12.6 Å². The van der Waals surface area contributed by atoms with Crippen LogP contribution in [-0.4, -0.2) is 15.0 Å². The molecule has 0 amide bonds. The van der Waals surface area contributed by atoms with Crippen LogP contribution in [0.5, 0.6) is 0 Å². The molecule has 0 atom stereocenters. The number of oxazole rings is 1. The van der Waals surface area contributed by atoms with Gasteiger partial charge in [-0.3, -0.25) is 0 Å². The van der Waals surface area contributed by atoms with Gasteiger partial charge in [-0.1, -0.05) is 20.8 Å². The third kappa shape index (κ3) is 4.05. The summed E-state index contributed by atoms with van der Waals surface area (Å²) in [5.41, 5.74) is 1.95. The molecule has 0 radical (unpaired) electrons. The Balaban J connectivity index is 1.95. The summed E-state index contributed by atoms with van der Waals surface area (Å²) in [6, 6.07) is 1.99. The Morgan fingerprint density at radius 3 is 2.79 bits per heavy atom. The van der Waals surface area contributed by atoms with Crippen molar-refractivity contribution in [2.75, 3.05) is 5.32 Å². The minimum absolute atomic E-state index is 0.588. The number of rotatable bonds is 6. The monoisotopic (exact) mass is 260 g/mol. The topological polar surface area (TPSA) is 63.8 Å². The second-order valence-electron chi connectivity index (χ2n) is 4.93. The zero-order valence-corrected chi connectivity index (χ0v) is 11.7. The number of aryl methyl sites for hydroxylation is 1. The van der Waals surface area contributed by atoms with Crippen molar-refractivity contribution < 1.29 is 4.42 Å². The molecule has 0 aliphatic rings. The van der Waals surface area contributed by atoms with Crippen LogP contribution in [0, 0.1) is 5.92 Å². The lowest BCUT2D eigenvalue weighted by molar-refractivity contribution is 0.501. The summed E-state index contributed by atoms with van der Waals surface area (Å²) in [5.74, 6) is 2.18. The van der Waals surface area contributed by atoms with E-state index in [0.717, 1.165) is 35.9 Å². The van der Waals surface area contributed by atoms with Crippen LogP contribution < -0.4 is 5.32 Å². The summed E-state index contributed by atoms with van der Waals surface area (Å²) in [7, 11) is 0. The Kier molecular flexibility index (Phi) is 4.49. The standard InChI is InChI=1S/C14H20N4O/c1-4-14-18-12(8-19-14)7-15-13-6-11(5-10(2)3)16-9-17-13/h6,8-10H,4-5,7H2,1-3H3,(H,15,16,17). The van der Waals surface area contributed by atoms with Gasteiger partial charge in [-0.25, -0.2) is 15.0 Å². The van der Waals surface area contributed by atoms with E-state index < -0.39 is 0 Å². The molecular formula is C14H20N4O. The van der Waals surface area contributed by atoms with Crippen LogP contribution in [0.25, 0.3) is 0 Å². The molecule has 19 heavy (non-hydrogen) atoms. The lowest BCUT2D eigenvalue weighted by atomic mass is 10.1. The maximum Gasteiger partial charge on any atom is 0.193 e. The van der Waals surface area contributed by atoms with Crippen molar-refractivity contribution in [3.8, 4) is 0 Å². The normalized spacial score (nSPS) is 10.9. The van der Waals surface area contributed by atoms with Gasteiger partial charge in [0, 0.05) is 18.2 Å². The first-order valence-corrected chi connectivity index (χ1v) is 6.65. The third-order valence-electron chi connectivity index (χ3n) is 2.69. The highest BCUT2D eigenvalue weighted by molar-refractivity contribution is 5.35. The minimum Gasteiger partial charge on any atom is -0.449 e. The van der Waals surface area contributed by atoms with E-state index >= 15 is 0 Å². The van der Waals surface area contributed by atoms with Crippen molar-refractivity contribution in [3.63, 3.8) is 0 Å². The Bertz CT molecular complexity index is 522. The molecule has 0 spiro atoms. The molecule has 2 aromatic rings. The zero-order chi connectivity index (χ0) is 13.7. The van der Waals surface area contributed by atoms with Gasteiger partial charge in [0.05, 0.1) is 12.2 Å². The van der Waals surface area contributed by atoms with Crippen LogP contribution in [0.4, 0.5) is 5.82 Å². The fourth-order valence-corrected chi connectivity index (χ4v) is 1.80. The first-order valence-electron chi connectivity index (χ1n) is 6.65. The van der Waals surface area contributed by atoms with E-state index in [0.29, 0.717) is 12.5 Å². The zero-order valence-electron chi connectivity index (χ0n) is 11.7. The largest absolute Gasteiger partial charge is 0.449 e. The molecule has 5 nitrogen and oxygen atoms in total. The first-order chi connectivity index (χ1) is 9.17. The van der Waals surface area contributed by atoms with E-state index in [9.17, 15) is 0 Å². The van der Waals surface area contributed by atoms with E-state index in [1.807, 2.05) is 13.0 Å². The van der Waals surface area contributed by atoms with Gasteiger partial charge in [0.2, 0.25) is 0 Å². The molecule has 0 fully saturated rings. The van der Waals surface area contributed by atoms with Crippen molar-refractivity contribution >= 4 is 5.82 Å². The number of hydrogen-bond donors (Lipinski definition) is 1. The van der Waals surface area contributed by atoms with Crippen LogP contribution in [-0.2, 0) is 19.4 Å². The molecule has 0 saturated heterocycles. The lowest BCUT2D eigenvalue weighted by Crippen LogP contribution is -2.04. The van der Waals surface area contributed by atoms with Gasteiger partial charge in [-0.2, -0.15) is 0 Å². The summed E-state index contributed by atoms with van der Waals surface area (Å²) in [6.45, 7) is 6.99. The molecule has 0 aliphatic carbocycles. The predicted octanol–water partition coefficient (Wildman–Crippen LogP) is 2.84. The highest BCUT2D eigenvalue weighted by atomic mass is 16.3. The summed E-state index contributed by atoms with van der Waals surface area (Å²) < 4.78 is 5.29. The summed E-state index contributed by atoms with van der Waals surface area (Å²) in [6.07, 6.45) is 5.05. The van der Waals surface area contributed by atoms with Crippen molar-refractivity contribution in [2.24, 2.45) is 5.92 Å². The van der Waals surface area contributed by atoms with Crippen molar-refractivity contribution in [2.45, 2.75) is 40.2 Å². The number of nitrogens with zero attached hydrogens (tertiary/aromatic N) is 3. The quantitative estimate of drug-likeness (QED) is 0.865. The summed E-state index contributed by atoms with van der Waals surface area (Å²) >= 11 is 0. The van der Waals surface area contributed by atoms with Crippen LogP contribution in [0.1, 0.15) is 38.0 Å². The molecule has 102 valence electrons. The van der Waals surface area contributed by atoms with Gasteiger partial charge in [0.25, 0.3) is 0 Å². The molecule has 1 N–H and O–H groups in total. The van der Waals surface area contributed by atoms with Crippen LogP contribution >= 0.6 is 0 Å². The van der Waals surface area contributed by atoms with Gasteiger partial charge in [-0.05, 0) is 12.3 Å². The molecule has 0 saturated carbocycles. The molecule has 0 aromatic carbocycles. The van der Waals surface area contributed by atoms with Crippen LogP contribution in [0.3, 0.4) is 0 Å². The van der Waals surface area contributed by atoms with Gasteiger partial charge in [-0.15, -0.1) is 0 Å². The molecule has 0 aliphatic heterocycles. The molecular weight excluding hydrogens is 240 g/mol. The third-order valence-corrected chi connectivity index (χ3v) is 2.69. The molecule has 5 heteroatoms. The van der Waals surface area contributed by atoms with Gasteiger partial charge in [0.1, 0.15) is 18.4 Å². The molecule has 0 unspecified atom stereocenters. The average molecular weight is 260 g/mol. The number of hydrogen-bond acceptors (Lipinski definition) is 5. The molecule has 2 rings (SSSR count). The predicted molar refractivity (Wildman–Crippen MR) is 73.8 cm³/mol. The van der Waals surface area contributed by atoms with Gasteiger partial charge >= 0.3 is 0 Å². The average Bonchev–Trinajstić information content (AvgIpc) is 2.84. The van der Waals surface area contributed by atoms with Gasteiger partial charge < -0.3 is 9.73 Å². The molecule has 0 bridgehead atoms. The van der Waals surface area contributed by atoms with E-state index in [-0.39, 0.29) is 0 Å². The number of nitrogens with one attached hydrogen (secondary N) is 1. The molecule has 2 aromatic heterocycles. The lowest BCUT2D eigenvalue weighted by Gasteiger charge is -2.06. The van der Waals surface area contributed by atoms with Crippen molar-refractivity contribution in [1.82, 2.24) is 15.0 Å². The number of anilines is 1. The van der Waals surface area contributed by atoms with E-state index in [2.05, 4.69) is 34.1 Å². The van der Waals surface area contributed by atoms with Crippen molar-refractivity contribution in [3.05, 3.63) is 35.9 Å². The SMILES string of the molecule is CCc1nc(CNc2cc(CC(C)C)ncn2)co1. The van der Waals surface area contributed by atoms with Gasteiger partial charge in [0.15, 0.2) is 5.89 Å². The highest BCUT2D eigenvalue weighted by Crippen LogP contribution is 2.10. The fraction of sp³-hybridized carbons (Fsp3) is 0.500. The van der Waals surface area contributed by atoms with E-state index in [1.165, 1.54) is 0 Å². The Morgan fingerprint density at radius 1 is 1.26 bits per heavy atom. The van der Waals surface area contributed by atoms with Crippen LogP contribution in [0.2, 0.25) is 0 Å². The Hall–Kier alpha value is -1.91. The Morgan fingerprint density at radius 2 is 2.11 bits per heavy atom. The second kappa shape index (κ2) is 6.31. The molecule has 2 heterocycles. The Labute approximate surface area is 113 Å². The van der Waals surface area contributed by atoms with Crippen molar-refractivity contribution in [1.29, 1.82) is 0 Å². The smallest absolute Gasteiger partial charge is 0.193 e. The first kappa shape index (κ1) is 13.5. The summed E-state index contributed by atoms with van der Waals surface area (Å²) in [5, 5.41) is 3.24. The summed E-state index contributed by atoms with van der Waals surface area (Å²) in [4.78, 5) is 12.8. The maximum atomic E-state index is 5.29. The second-order valence-corrected chi connectivity index (χ2v) is 4.93. The highest BCUT2D eigenvalue weighted by Gasteiger charge is 2.04. The van der Waals surface area contributed by atoms with Crippen LogP contribution in [0.15, 0.2) is 23.1 Å².